The molecule has 0 bridgehead atoms. The number of hydrogen-bond acceptors (Lipinski definition) is 18. The number of allylic oxidation sites excluding steroid dienone is 5. The maximum absolute atomic E-state index is 13.1. The van der Waals surface area contributed by atoms with Crippen molar-refractivity contribution in [3.05, 3.63) is 52.3 Å². The smallest absolute Gasteiger partial charge is 0.311 e. The Balaban J connectivity index is -0.000000587. The van der Waals surface area contributed by atoms with Gasteiger partial charge >= 0.3 is 5.97 Å². The van der Waals surface area contributed by atoms with Crippen LogP contribution in [0.5, 0.6) is 0 Å². The highest BCUT2D eigenvalue weighted by Crippen LogP contribution is 2.31. The second-order valence-corrected chi connectivity index (χ2v) is 19.7. The minimum absolute atomic E-state index is 0. The molecule has 0 radical (unpaired) electrons. The lowest BCUT2D eigenvalue weighted by molar-refractivity contribution is -0.237. The highest BCUT2D eigenvalue weighted by Gasteiger charge is 2.42. The van der Waals surface area contributed by atoms with Crippen LogP contribution in [0.15, 0.2) is 57.7 Å². The maximum Gasteiger partial charge on any atom is 0.311 e. The normalized spacial score (nSPS) is 23.9. The molecule has 0 aromatic rings. The minimum Gasteiger partial charge on any atom is -0.463 e. The van der Waals surface area contributed by atoms with Crippen LogP contribution in [0, 0.1) is 41.4 Å². The number of ether oxygens (including phenoxy) is 4. The SMILES string of the molecule is C.C#C.CC[C@@H](C)CN(C)C(C)[C@@H](O)[C@@](C)(COC(=O)[C@H](C)[C@@H](O[C@H]1CC(C)CC(C)O1)[C@H](C)CC)N=O.CO.CO.C\C=C/C(=C\C=C(/C)CCN(N)/C=C(\N)CCN(C)C1CC(C)OC(O)C1)C(/C)=N\O. The summed E-state index contributed by atoms with van der Waals surface area (Å²) in [7, 11) is 5.97. The van der Waals surface area contributed by atoms with Crippen molar-refractivity contribution in [3.8, 4) is 12.8 Å². The molecule has 2 heterocycles. The van der Waals surface area contributed by atoms with Crippen molar-refractivity contribution < 1.29 is 49.4 Å². The van der Waals surface area contributed by atoms with Gasteiger partial charge in [-0.05, 0) is 112 Å². The van der Waals surface area contributed by atoms with Crippen LogP contribution in [0.2, 0.25) is 0 Å². The number of aliphatic hydroxyl groups excluding tert-OH is 4. The van der Waals surface area contributed by atoms with E-state index in [0.717, 1.165) is 82.7 Å². The summed E-state index contributed by atoms with van der Waals surface area (Å²) in [4.78, 5) is 29.1. The van der Waals surface area contributed by atoms with Crippen molar-refractivity contribution >= 4 is 11.7 Å². The number of aliphatic hydroxyl groups is 4. The molecule has 2 saturated heterocycles. The third kappa shape index (κ3) is 30.4. The molecule has 0 amide bonds. The van der Waals surface area contributed by atoms with Crippen LogP contribution < -0.4 is 11.6 Å². The summed E-state index contributed by atoms with van der Waals surface area (Å²) in [6.07, 6.45) is 21.8. The quantitative estimate of drug-likeness (QED) is 0.00633. The van der Waals surface area contributed by atoms with Gasteiger partial charge in [0, 0.05) is 77.1 Å². The summed E-state index contributed by atoms with van der Waals surface area (Å²) in [5.41, 5.74) is 8.00. The first-order valence-corrected chi connectivity index (χ1v) is 25.6. The average molecular weight is 1040 g/mol. The number of hydrogen-bond donors (Lipinski definition) is 7. The molecule has 0 aromatic heterocycles. The summed E-state index contributed by atoms with van der Waals surface area (Å²) in [5, 5.41) is 51.8. The van der Waals surface area contributed by atoms with Gasteiger partial charge < -0.3 is 65.1 Å². The van der Waals surface area contributed by atoms with Gasteiger partial charge in [0.25, 0.3) is 0 Å². The van der Waals surface area contributed by atoms with Gasteiger partial charge in [0.15, 0.2) is 18.1 Å². The third-order valence-electron chi connectivity index (χ3n) is 13.3. The van der Waals surface area contributed by atoms with Gasteiger partial charge in [0.1, 0.15) is 12.7 Å². The lowest BCUT2D eigenvalue weighted by atomic mass is 9.89. The number of carbonyl (C=O) groups is 1. The Morgan fingerprint density at radius 1 is 0.932 bits per heavy atom. The van der Waals surface area contributed by atoms with Crippen LogP contribution in [0.1, 0.15) is 149 Å². The number of terminal acetylenes is 1. The molecule has 73 heavy (non-hydrogen) atoms. The number of nitroso groups, excluding NO2 is 1. The molecule has 2 aliphatic rings. The van der Waals surface area contributed by atoms with E-state index in [9.17, 15) is 19.9 Å². The van der Waals surface area contributed by atoms with Gasteiger partial charge in [-0.15, -0.1) is 17.8 Å². The first-order chi connectivity index (χ1) is 33.9. The van der Waals surface area contributed by atoms with Gasteiger partial charge in [0.2, 0.25) is 0 Å². The Bertz CT molecular complexity index is 1610. The molecule has 0 aliphatic carbocycles. The molecule has 2 rings (SSSR count). The molecule has 2 fully saturated rings. The summed E-state index contributed by atoms with van der Waals surface area (Å²) in [5.74, 6) is 6.13. The Labute approximate surface area is 443 Å². The van der Waals surface area contributed by atoms with Crippen molar-refractivity contribution in [2.75, 3.05) is 54.6 Å². The number of likely N-dealkylation sites (N-methyl/N-ethyl adjacent to an activating group) is 1. The molecule has 18 heteroatoms. The topological polar surface area (TPSA) is 259 Å². The van der Waals surface area contributed by atoms with Crippen LogP contribution in [0.4, 0.5) is 0 Å². The molecule has 2 aliphatic heterocycles. The minimum atomic E-state index is -1.46. The zero-order chi connectivity index (χ0) is 56.3. The lowest BCUT2D eigenvalue weighted by Gasteiger charge is -2.38. The predicted molar refractivity (Wildman–Crippen MR) is 298 cm³/mol. The van der Waals surface area contributed by atoms with Crippen molar-refractivity contribution in [2.24, 2.45) is 45.6 Å². The number of carbonyl (C=O) groups excluding carboxylic acids is 1. The molecule has 0 saturated carbocycles. The van der Waals surface area contributed by atoms with E-state index in [-0.39, 0.29) is 56.6 Å². The Morgan fingerprint density at radius 2 is 1.52 bits per heavy atom. The van der Waals surface area contributed by atoms with Crippen molar-refractivity contribution in [1.29, 1.82) is 0 Å². The first-order valence-electron chi connectivity index (χ1n) is 25.6. The van der Waals surface area contributed by atoms with Crippen LogP contribution in [-0.2, 0) is 23.7 Å². The molecule has 428 valence electrons. The second kappa shape index (κ2) is 42.5. The Hall–Kier alpha value is -3.74. The van der Waals surface area contributed by atoms with Gasteiger partial charge in [-0.2, -0.15) is 0 Å². The second-order valence-electron chi connectivity index (χ2n) is 19.7. The zero-order valence-electron chi connectivity index (χ0n) is 47.5. The summed E-state index contributed by atoms with van der Waals surface area (Å²) < 4.78 is 23.3. The van der Waals surface area contributed by atoms with Crippen molar-refractivity contribution in [1.82, 2.24) is 14.8 Å². The van der Waals surface area contributed by atoms with E-state index in [1.165, 1.54) is 6.92 Å². The average Bonchev–Trinajstić information content (AvgIpc) is 3.37. The monoisotopic (exact) mass is 1040 g/mol. The van der Waals surface area contributed by atoms with E-state index in [1.807, 2.05) is 70.9 Å². The fourth-order valence-electron chi connectivity index (χ4n) is 8.23. The Kier molecular flexibility index (Phi) is 44.1. The first kappa shape index (κ1) is 75.8. The fraction of sp³-hybridized carbons (Fsp3) is 0.782. The standard InChI is InChI=1S/C27H52N2O6.C23H41N5O3.C2H2.2CH4O.CH4/c1-11-17(3)15-29(10)22(8)25(30)27(9,28-32)16-33-26(31)21(7)24(19(5)12-2)35-23-14-18(4)13-20(6)34-23;1-6-7-20(19(4)26-30)9-8-17(2)10-13-28(25)16-21(24)11-12-27(5)22-14-18(3)31-23(29)15-22;3*1-2;/h17-25,30H,11-16H2,1-10H3;6-9,16,18,22-23,29-30H,10-15,24-25H2,1-5H3;1-2H;2*2H,1H3;1H4/b;7-6-,17-8+,20-9+,21-16-,26-19-;;;;/t17-,18?,19-,20?,21-,22?,23+,24+,25-,27-;;;;;/m1...../s1. The van der Waals surface area contributed by atoms with E-state index in [2.05, 4.69) is 69.7 Å². The molecule has 0 spiro atoms. The zero-order valence-corrected chi connectivity index (χ0v) is 47.5. The van der Waals surface area contributed by atoms with E-state index in [0.29, 0.717) is 36.9 Å². The van der Waals surface area contributed by atoms with E-state index >= 15 is 0 Å². The van der Waals surface area contributed by atoms with Crippen LogP contribution in [-0.4, -0.2) is 161 Å². The number of hydrazine groups is 1. The highest BCUT2D eigenvalue weighted by atomic mass is 16.7. The van der Waals surface area contributed by atoms with Crippen LogP contribution >= 0.6 is 0 Å². The van der Waals surface area contributed by atoms with Gasteiger partial charge in [0.05, 0.1) is 29.9 Å². The van der Waals surface area contributed by atoms with Crippen LogP contribution in [0.25, 0.3) is 0 Å². The Morgan fingerprint density at radius 3 is 2.03 bits per heavy atom. The van der Waals surface area contributed by atoms with Gasteiger partial charge in [-0.3, -0.25) is 4.79 Å². The van der Waals surface area contributed by atoms with E-state index in [4.69, 9.17) is 45.9 Å². The molecule has 18 nitrogen and oxygen atoms in total. The lowest BCUT2D eigenvalue weighted by Crippen LogP contribution is -2.54. The number of oxime groups is 1. The molecule has 0 aromatic carbocycles. The number of nitrogens with zero attached hydrogens (tertiary/aromatic N) is 5. The molecule has 13 atom stereocenters. The fourth-order valence-corrected chi connectivity index (χ4v) is 8.23. The van der Waals surface area contributed by atoms with Gasteiger partial charge in [-0.1, -0.05) is 95.1 Å². The molecular formula is C55H107N7O11. The van der Waals surface area contributed by atoms with E-state index in [1.54, 1.807) is 25.1 Å². The number of nitrogens with two attached hydrogens (primary N) is 2. The molecular weight excluding hydrogens is 935 g/mol. The highest BCUT2D eigenvalue weighted by molar-refractivity contribution is 6.00. The van der Waals surface area contributed by atoms with Crippen LogP contribution in [0.3, 0.4) is 0 Å². The van der Waals surface area contributed by atoms with E-state index < -0.39 is 29.8 Å². The summed E-state index contributed by atoms with van der Waals surface area (Å²) in [6.45, 7) is 27.4. The maximum atomic E-state index is 13.1. The number of rotatable bonds is 26. The molecule has 6 unspecified atom stereocenters. The third-order valence-corrected chi connectivity index (χ3v) is 13.3. The van der Waals surface area contributed by atoms with Crippen molar-refractivity contribution in [2.45, 2.75) is 203 Å². The largest absolute Gasteiger partial charge is 0.463 e. The van der Waals surface area contributed by atoms with Crippen molar-refractivity contribution in [3.63, 3.8) is 0 Å². The predicted octanol–water partition coefficient (Wildman–Crippen LogP) is 7.97. The summed E-state index contributed by atoms with van der Waals surface area (Å²) >= 11 is 0. The van der Waals surface area contributed by atoms with Gasteiger partial charge in [-0.25, -0.2) is 5.84 Å². The molecule has 9 N–H and O–H groups in total. The summed E-state index contributed by atoms with van der Waals surface area (Å²) in [6, 6.07) is -0.0419. The number of esters is 1.